The highest BCUT2D eigenvalue weighted by Crippen LogP contribution is 2.31. The monoisotopic (exact) mass is 296 g/mol. The zero-order chi connectivity index (χ0) is 13.2. The molecule has 0 bridgehead atoms. The standard InChI is InChI=1S/C11H21ClN2O3S/c1-13(7-3-6-12)18(15,16)14-8-9-17-11-5-2-4-10(11)14/h10-11H,2-9H2,1H3. The Morgan fingerprint density at radius 3 is 2.94 bits per heavy atom. The molecule has 0 radical (unpaired) electrons. The van der Waals surface area contributed by atoms with Gasteiger partial charge in [0, 0.05) is 26.0 Å². The average Bonchev–Trinajstić information content (AvgIpc) is 2.83. The van der Waals surface area contributed by atoms with E-state index in [1.54, 1.807) is 11.4 Å². The number of morpholine rings is 1. The average molecular weight is 297 g/mol. The highest BCUT2D eigenvalue weighted by molar-refractivity contribution is 7.86. The molecule has 0 aromatic heterocycles. The molecule has 1 heterocycles. The van der Waals surface area contributed by atoms with Gasteiger partial charge in [0.05, 0.1) is 18.8 Å². The van der Waals surface area contributed by atoms with Crippen LogP contribution >= 0.6 is 11.6 Å². The van der Waals surface area contributed by atoms with Crippen molar-refractivity contribution < 1.29 is 13.2 Å². The van der Waals surface area contributed by atoms with E-state index in [0.717, 1.165) is 19.3 Å². The number of fused-ring (bicyclic) bond motifs is 1. The molecule has 106 valence electrons. The third-order valence-electron chi connectivity index (χ3n) is 3.73. The Balaban J connectivity index is 2.08. The summed E-state index contributed by atoms with van der Waals surface area (Å²) < 4.78 is 33.7. The largest absolute Gasteiger partial charge is 0.375 e. The lowest BCUT2D eigenvalue weighted by Gasteiger charge is -2.38. The van der Waals surface area contributed by atoms with Crippen molar-refractivity contribution in [3.8, 4) is 0 Å². The van der Waals surface area contributed by atoms with Gasteiger partial charge in [-0.05, 0) is 25.7 Å². The Morgan fingerprint density at radius 2 is 2.22 bits per heavy atom. The molecule has 0 aromatic rings. The molecule has 2 atom stereocenters. The van der Waals surface area contributed by atoms with Gasteiger partial charge in [-0.3, -0.25) is 0 Å². The molecule has 0 N–H and O–H groups in total. The van der Waals surface area contributed by atoms with Gasteiger partial charge in [0.15, 0.2) is 0 Å². The van der Waals surface area contributed by atoms with E-state index in [1.807, 2.05) is 0 Å². The summed E-state index contributed by atoms with van der Waals surface area (Å²) in [6.07, 6.45) is 3.70. The first-order valence-electron chi connectivity index (χ1n) is 6.48. The van der Waals surface area contributed by atoms with Crippen LogP contribution in [-0.2, 0) is 14.9 Å². The second-order valence-electron chi connectivity index (χ2n) is 4.89. The normalized spacial score (nSPS) is 29.7. The Morgan fingerprint density at radius 1 is 1.44 bits per heavy atom. The molecular weight excluding hydrogens is 276 g/mol. The van der Waals surface area contributed by atoms with Crippen molar-refractivity contribution in [2.24, 2.45) is 0 Å². The molecule has 0 spiro atoms. The summed E-state index contributed by atoms with van der Waals surface area (Å²) in [7, 11) is -1.73. The fourth-order valence-corrected chi connectivity index (χ4v) is 4.48. The van der Waals surface area contributed by atoms with E-state index in [0.29, 0.717) is 32.0 Å². The molecule has 7 heteroatoms. The van der Waals surface area contributed by atoms with Gasteiger partial charge in [0.2, 0.25) is 0 Å². The van der Waals surface area contributed by atoms with Gasteiger partial charge >= 0.3 is 0 Å². The minimum atomic E-state index is -3.36. The molecule has 18 heavy (non-hydrogen) atoms. The maximum Gasteiger partial charge on any atom is 0.282 e. The number of nitrogens with zero attached hydrogens (tertiary/aromatic N) is 2. The molecule has 0 amide bonds. The van der Waals surface area contributed by atoms with Crippen LogP contribution in [0, 0.1) is 0 Å². The Hall–Kier alpha value is 0.120. The lowest BCUT2D eigenvalue weighted by molar-refractivity contribution is -0.0258. The van der Waals surface area contributed by atoms with Gasteiger partial charge in [0.1, 0.15) is 0 Å². The van der Waals surface area contributed by atoms with Crippen LogP contribution in [0.15, 0.2) is 0 Å². The number of ether oxygens (including phenoxy) is 1. The third kappa shape index (κ3) is 2.82. The topological polar surface area (TPSA) is 49.9 Å². The first kappa shape index (κ1) is 14.5. The molecule has 1 aliphatic carbocycles. The SMILES string of the molecule is CN(CCCCl)S(=O)(=O)N1CCOC2CCCC21. The van der Waals surface area contributed by atoms with E-state index >= 15 is 0 Å². The molecule has 0 aromatic carbocycles. The first-order valence-corrected chi connectivity index (χ1v) is 8.41. The van der Waals surface area contributed by atoms with Crippen LogP contribution in [0.4, 0.5) is 0 Å². The summed E-state index contributed by atoms with van der Waals surface area (Å²) in [5, 5.41) is 0. The Kier molecular flexibility index (Phi) is 4.88. The van der Waals surface area contributed by atoms with Crippen LogP contribution in [0.2, 0.25) is 0 Å². The maximum absolute atomic E-state index is 12.5. The Labute approximate surface area is 114 Å². The predicted molar refractivity (Wildman–Crippen MR) is 71.0 cm³/mol. The summed E-state index contributed by atoms with van der Waals surface area (Å²) in [5.74, 6) is 0.481. The molecule has 1 aliphatic heterocycles. The Bertz CT molecular complexity index is 376. The third-order valence-corrected chi connectivity index (χ3v) is 6.01. The summed E-state index contributed by atoms with van der Waals surface area (Å²) in [4.78, 5) is 0. The van der Waals surface area contributed by atoms with Gasteiger partial charge in [-0.1, -0.05) is 0 Å². The predicted octanol–water partition coefficient (Wildman–Crippen LogP) is 1.05. The van der Waals surface area contributed by atoms with Gasteiger partial charge < -0.3 is 4.74 Å². The number of halogens is 1. The van der Waals surface area contributed by atoms with Crippen LogP contribution in [-0.4, -0.2) is 61.8 Å². The number of rotatable bonds is 5. The second-order valence-corrected chi connectivity index (χ2v) is 7.26. The minimum absolute atomic E-state index is 0.0298. The lowest BCUT2D eigenvalue weighted by atomic mass is 10.2. The van der Waals surface area contributed by atoms with Gasteiger partial charge in [-0.15, -0.1) is 11.6 Å². The van der Waals surface area contributed by atoms with E-state index in [9.17, 15) is 8.42 Å². The van der Waals surface area contributed by atoms with Crippen molar-refractivity contribution in [2.75, 3.05) is 32.6 Å². The second kappa shape index (κ2) is 6.05. The van der Waals surface area contributed by atoms with Crippen LogP contribution < -0.4 is 0 Å². The van der Waals surface area contributed by atoms with Crippen molar-refractivity contribution >= 4 is 21.8 Å². The molecule has 2 fully saturated rings. The highest BCUT2D eigenvalue weighted by Gasteiger charge is 2.42. The van der Waals surface area contributed by atoms with Crippen molar-refractivity contribution in [3.05, 3.63) is 0 Å². The zero-order valence-corrected chi connectivity index (χ0v) is 12.3. The molecule has 1 saturated carbocycles. The van der Waals surface area contributed by atoms with Crippen molar-refractivity contribution in [1.82, 2.24) is 8.61 Å². The van der Waals surface area contributed by atoms with E-state index in [2.05, 4.69) is 0 Å². The lowest BCUT2D eigenvalue weighted by Crippen LogP contribution is -2.55. The van der Waals surface area contributed by atoms with E-state index in [1.165, 1.54) is 4.31 Å². The van der Waals surface area contributed by atoms with Crippen molar-refractivity contribution in [1.29, 1.82) is 0 Å². The number of alkyl halides is 1. The van der Waals surface area contributed by atoms with Crippen LogP contribution in [0.3, 0.4) is 0 Å². The number of hydrogen-bond acceptors (Lipinski definition) is 3. The number of hydrogen-bond donors (Lipinski definition) is 0. The fraction of sp³-hybridized carbons (Fsp3) is 1.00. The van der Waals surface area contributed by atoms with Gasteiger partial charge in [-0.2, -0.15) is 17.0 Å². The molecule has 2 aliphatic rings. The summed E-state index contributed by atoms with van der Waals surface area (Å²) in [5.41, 5.74) is 0. The fourth-order valence-electron chi connectivity index (χ4n) is 2.75. The van der Waals surface area contributed by atoms with Gasteiger partial charge in [0.25, 0.3) is 10.2 Å². The molecule has 1 saturated heterocycles. The summed E-state index contributed by atoms with van der Waals surface area (Å²) in [6.45, 7) is 1.44. The van der Waals surface area contributed by atoms with Crippen LogP contribution in [0.5, 0.6) is 0 Å². The quantitative estimate of drug-likeness (QED) is 0.713. The molecule has 5 nitrogen and oxygen atoms in total. The highest BCUT2D eigenvalue weighted by atomic mass is 35.5. The first-order chi connectivity index (χ1) is 8.57. The molecule has 2 rings (SSSR count). The van der Waals surface area contributed by atoms with Crippen molar-refractivity contribution in [2.45, 2.75) is 37.8 Å². The molecule has 2 unspecified atom stereocenters. The van der Waals surface area contributed by atoms with E-state index in [-0.39, 0.29) is 12.1 Å². The smallest absolute Gasteiger partial charge is 0.282 e. The van der Waals surface area contributed by atoms with Gasteiger partial charge in [-0.25, -0.2) is 0 Å². The maximum atomic E-state index is 12.5. The van der Waals surface area contributed by atoms with E-state index in [4.69, 9.17) is 16.3 Å². The van der Waals surface area contributed by atoms with Crippen molar-refractivity contribution in [3.63, 3.8) is 0 Å². The molecular formula is C11H21ClN2O3S. The van der Waals surface area contributed by atoms with E-state index < -0.39 is 10.2 Å². The summed E-state index contributed by atoms with van der Waals surface area (Å²) >= 11 is 5.62. The van der Waals surface area contributed by atoms with Crippen LogP contribution in [0.1, 0.15) is 25.7 Å². The summed E-state index contributed by atoms with van der Waals surface area (Å²) in [6, 6.07) is 0.0298. The zero-order valence-electron chi connectivity index (χ0n) is 10.7. The minimum Gasteiger partial charge on any atom is -0.375 e. The van der Waals surface area contributed by atoms with Crippen LogP contribution in [0.25, 0.3) is 0 Å².